The number of benzene rings is 2. The molecule has 0 spiro atoms. The van der Waals surface area contributed by atoms with Crippen molar-refractivity contribution in [2.45, 2.75) is 6.04 Å². The first-order valence-corrected chi connectivity index (χ1v) is 8.58. The van der Waals surface area contributed by atoms with Crippen molar-refractivity contribution in [1.29, 1.82) is 0 Å². The molecule has 0 saturated heterocycles. The Morgan fingerprint density at radius 2 is 1.65 bits per heavy atom. The van der Waals surface area contributed by atoms with E-state index in [0.717, 1.165) is 5.69 Å². The van der Waals surface area contributed by atoms with Crippen LogP contribution in [0.1, 0.15) is 21.4 Å². The maximum Gasteiger partial charge on any atom is 0.335 e. The molecule has 1 amide bonds. The van der Waals surface area contributed by atoms with Crippen LogP contribution in [-0.2, 0) is 9.53 Å². The minimum atomic E-state index is -1.03. The fraction of sp³-hybridized carbons (Fsp3) is 0.111. The van der Waals surface area contributed by atoms with Crippen LogP contribution in [0.25, 0.3) is 0 Å². The predicted octanol–water partition coefficient (Wildman–Crippen LogP) is 2.93. The fourth-order valence-corrected chi connectivity index (χ4v) is 2.99. The van der Waals surface area contributed by atoms with Crippen LogP contribution in [0.15, 0.2) is 60.7 Å². The largest absolute Gasteiger partial charge is 0.467 e. The molecular formula is C18H16N4O3S. The summed E-state index contributed by atoms with van der Waals surface area (Å²) in [5, 5.41) is 14.6. The highest BCUT2D eigenvalue weighted by Crippen LogP contribution is 2.25. The van der Waals surface area contributed by atoms with Gasteiger partial charge in [-0.15, -0.1) is 10.2 Å². The molecule has 1 heterocycles. The molecule has 8 heteroatoms. The predicted molar refractivity (Wildman–Crippen MR) is 98.3 cm³/mol. The van der Waals surface area contributed by atoms with Gasteiger partial charge in [0, 0.05) is 11.3 Å². The van der Waals surface area contributed by atoms with Crippen LogP contribution in [0.4, 0.5) is 10.8 Å². The highest BCUT2D eigenvalue weighted by molar-refractivity contribution is 7.15. The zero-order valence-electron chi connectivity index (χ0n) is 13.9. The molecular weight excluding hydrogens is 352 g/mol. The van der Waals surface area contributed by atoms with Crippen molar-refractivity contribution in [3.05, 3.63) is 71.2 Å². The van der Waals surface area contributed by atoms with Gasteiger partial charge in [-0.25, -0.2) is 4.79 Å². The molecule has 0 fully saturated rings. The summed E-state index contributed by atoms with van der Waals surface area (Å²) in [4.78, 5) is 24.5. The molecule has 0 radical (unpaired) electrons. The van der Waals surface area contributed by atoms with Gasteiger partial charge in [0.15, 0.2) is 11.0 Å². The first-order valence-electron chi connectivity index (χ1n) is 7.76. The number of hydrogen-bond donors (Lipinski definition) is 2. The number of nitrogens with zero attached hydrogens (tertiary/aromatic N) is 2. The third-order valence-electron chi connectivity index (χ3n) is 3.46. The number of ether oxygens (including phenoxy) is 1. The summed E-state index contributed by atoms with van der Waals surface area (Å²) >= 11 is 1.17. The molecule has 0 aliphatic carbocycles. The standard InChI is InChI=1S/C18H16N4O3S/c1-25-17(24)14(20-15(23)12-8-4-2-5-9-12)16-21-22-18(26-16)19-13-10-6-3-7-11-13/h2-11,14H,1H3,(H,19,22)(H,20,23)/t14-/m0/s1. The van der Waals surface area contributed by atoms with E-state index in [9.17, 15) is 9.59 Å². The lowest BCUT2D eigenvalue weighted by Crippen LogP contribution is -2.34. The van der Waals surface area contributed by atoms with Crippen molar-refractivity contribution in [3.8, 4) is 0 Å². The zero-order valence-corrected chi connectivity index (χ0v) is 14.7. The Hall–Kier alpha value is -3.26. The monoisotopic (exact) mass is 368 g/mol. The van der Waals surface area contributed by atoms with E-state index >= 15 is 0 Å². The van der Waals surface area contributed by atoms with E-state index in [-0.39, 0.29) is 0 Å². The maximum absolute atomic E-state index is 12.4. The number of amides is 1. The Bertz CT molecular complexity index is 884. The molecule has 2 aromatic carbocycles. The lowest BCUT2D eigenvalue weighted by atomic mass is 10.2. The molecule has 0 aliphatic heterocycles. The molecule has 1 atom stereocenters. The van der Waals surface area contributed by atoms with Gasteiger partial charge in [-0.2, -0.15) is 0 Å². The molecule has 3 rings (SSSR count). The van der Waals surface area contributed by atoms with E-state index in [1.165, 1.54) is 18.4 Å². The molecule has 7 nitrogen and oxygen atoms in total. The lowest BCUT2D eigenvalue weighted by molar-refractivity contribution is -0.143. The molecule has 0 unspecified atom stereocenters. The van der Waals surface area contributed by atoms with E-state index in [0.29, 0.717) is 15.7 Å². The molecule has 132 valence electrons. The second-order valence-electron chi connectivity index (χ2n) is 5.23. The van der Waals surface area contributed by atoms with E-state index in [1.807, 2.05) is 30.3 Å². The SMILES string of the molecule is COC(=O)[C@@H](NC(=O)c1ccccc1)c1nnc(Nc2ccccc2)s1. The lowest BCUT2D eigenvalue weighted by Gasteiger charge is -2.13. The highest BCUT2D eigenvalue weighted by atomic mass is 32.1. The molecule has 0 saturated carbocycles. The normalized spacial score (nSPS) is 11.4. The van der Waals surface area contributed by atoms with Gasteiger partial charge in [0.2, 0.25) is 5.13 Å². The molecule has 1 aromatic heterocycles. The highest BCUT2D eigenvalue weighted by Gasteiger charge is 2.28. The van der Waals surface area contributed by atoms with Crippen molar-refractivity contribution in [2.24, 2.45) is 0 Å². The number of carbonyl (C=O) groups excluding carboxylic acids is 2. The average molecular weight is 368 g/mol. The number of carbonyl (C=O) groups is 2. The van der Waals surface area contributed by atoms with Crippen molar-refractivity contribution >= 4 is 34.0 Å². The zero-order chi connectivity index (χ0) is 18.4. The quantitative estimate of drug-likeness (QED) is 0.650. The van der Waals surface area contributed by atoms with Crippen LogP contribution in [-0.4, -0.2) is 29.2 Å². The van der Waals surface area contributed by atoms with Gasteiger partial charge in [0.05, 0.1) is 7.11 Å². The number of anilines is 2. The van der Waals surface area contributed by atoms with E-state index in [1.54, 1.807) is 30.3 Å². The summed E-state index contributed by atoms with van der Waals surface area (Å²) in [6.07, 6.45) is 0. The first kappa shape index (κ1) is 17.6. The van der Waals surface area contributed by atoms with Crippen LogP contribution in [0.5, 0.6) is 0 Å². The molecule has 0 bridgehead atoms. The van der Waals surface area contributed by atoms with Gasteiger partial charge >= 0.3 is 5.97 Å². The van der Waals surface area contributed by atoms with Gasteiger partial charge in [-0.05, 0) is 24.3 Å². The Kier molecular flexibility index (Phi) is 5.55. The third-order valence-corrected chi connectivity index (χ3v) is 4.36. The second kappa shape index (κ2) is 8.21. The first-order chi connectivity index (χ1) is 12.7. The third kappa shape index (κ3) is 4.22. The average Bonchev–Trinajstić information content (AvgIpc) is 3.15. The maximum atomic E-state index is 12.4. The van der Waals surface area contributed by atoms with Crippen LogP contribution >= 0.6 is 11.3 Å². The number of esters is 1. The van der Waals surface area contributed by atoms with Gasteiger partial charge < -0.3 is 15.4 Å². The Balaban J connectivity index is 1.78. The molecule has 26 heavy (non-hydrogen) atoms. The Labute approximate surface area is 154 Å². The summed E-state index contributed by atoms with van der Waals surface area (Å²) in [5.41, 5.74) is 1.28. The van der Waals surface area contributed by atoms with Crippen molar-refractivity contribution in [2.75, 3.05) is 12.4 Å². The minimum absolute atomic E-state index is 0.333. The fourth-order valence-electron chi connectivity index (χ4n) is 2.19. The second-order valence-corrected chi connectivity index (χ2v) is 6.24. The van der Waals surface area contributed by atoms with Crippen LogP contribution in [0.2, 0.25) is 0 Å². The summed E-state index contributed by atoms with van der Waals surface area (Å²) in [6, 6.07) is 17.0. The number of aromatic nitrogens is 2. The molecule has 3 aromatic rings. The minimum Gasteiger partial charge on any atom is -0.467 e. The van der Waals surface area contributed by atoms with E-state index < -0.39 is 17.9 Å². The summed E-state index contributed by atoms with van der Waals surface area (Å²) in [6.45, 7) is 0. The summed E-state index contributed by atoms with van der Waals surface area (Å²) in [7, 11) is 1.26. The number of para-hydroxylation sites is 1. The van der Waals surface area contributed by atoms with E-state index in [2.05, 4.69) is 20.8 Å². The Morgan fingerprint density at radius 1 is 1.00 bits per heavy atom. The van der Waals surface area contributed by atoms with Crippen molar-refractivity contribution in [3.63, 3.8) is 0 Å². The van der Waals surface area contributed by atoms with Crippen LogP contribution in [0.3, 0.4) is 0 Å². The topological polar surface area (TPSA) is 93.2 Å². The van der Waals surface area contributed by atoms with Crippen molar-refractivity contribution in [1.82, 2.24) is 15.5 Å². The Morgan fingerprint density at radius 3 is 2.31 bits per heavy atom. The van der Waals surface area contributed by atoms with Gasteiger partial charge in [-0.1, -0.05) is 47.7 Å². The molecule has 0 aliphatic rings. The van der Waals surface area contributed by atoms with Gasteiger partial charge in [0.1, 0.15) is 0 Å². The number of nitrogens with one attached hydrogen (secondary N) is 2. The smallest absolute Gasteiger partial charge is 0.335 e. The van der Waals surface area contributed by atoms with Crippen LogP contribution in [0, 0.1) is 0 Å². The summed E-state index contributed by atoms with van der Waals surface area (Å²) in [5.74, 6) is -1.01. The van der Waals surface area contributed by atoms with Gasteiger partial charge in [0.25, 0.3) is 5.91 Å². The van der Waals surface area contributed by atoms with Crippen molar-refractivity contribution < 1.29 is 14.3 Å². The molecule has 2 N–H and O–H groups in total. The number of rotatable bonds is 6. The van der Waals surface area contributed by atoms with Crippen LogP contribution < -0.4 is 10.6 Å². The summed E-state index contributed by atoms with van der Waals surface area (Å²) < 4.78 is 4.80. The number of hydrogen-bond acceptors (Lipinski definition) is 7. The number of methoxy groups -OCH3 is 1. The van der Waals surface area contributed by atoms with E-state index in [4.69, 9.17) is 4.74 Å². The van der Waals surface area contributed by atoms with Gasteiger partial charge in [-0.3, -0.25) is 4.79 Å².